The summed E-state index contributed by atoms with van der Waals surface area (Å²) < 4.78 is 567. The average molecular weight is 1320 g/mol. The van der Waals surface area contributed by atoms with E-state index in [4.69, 9.17) is 146 Å². The normalized spacial score (nSPS) is 43.8. The molecule has 0 spiro atoms. The lowest BCUT2D eigenvalue weighted by Gasteiger charge is -2.47. The monoisotopic (exact) mass is 1320 g/mol. The van der Waals surface area contributed by atoms with Gasteiger partial charge in [0.15, 0.2) is 34.5 Å². The van der Waals surface area contributed by atoms with Gasteiger partial charge in [-0.2, -0.15) is 0 Å². The Morgan fingerprint density at radius 3 is 0.989 bits per heavy atom. The summed E-state index contributed by atoms with van der Waals surface area (Å²) in [7, 11) is 2.06. The lowest BCUT2D eigenvalue weighted by molar-refractivity contribution is -0.161. The Labute approximate surface area is 628 Å². The second kappa shape index (κ2) is 32.5. The molecule has 6 aliphatic heterocycles. The Hall–Kier alpha value is -5.37. The fraction of sp³-hybridized carbons (Fsp3) is 0.708. The third-order valence-electron chi connectivity index (χ3n) is 14.5. The molecule has 3 aromatic rings. The molecule has 0 saturated carbocycles. The van der Waals surface area contributed by atoms with Crippen LogP contribution >= 0.6 is 0 Å². The van der Waals surface area contributed by atoms with Crippen molar-refractivity contribution in [1.82, 2.24) is 14.7 Å². The molecular formula is C72H114N6O12. The number of ether oxygens (including phenoxy) is 9. The Morgan fingerprint density at radius 1 is 0.478 bits per heavy atom. The number of carbonyl (C=O) groups is 3. The SMILES string of the molecule is [2H]c1c(OC)c(OC([2H])([2H])[2H])c([2H])c2c1C1CC(OC(=O)[C@@]([2H])(N)C([2H])(C([2H])([2H])[2H])C([2H])([2H])[2H])C(C([2H])([2H])C([2H])(C)C([2H])([2H])[2H])CN1C([2H])([2H])C2([2H])[2H].[2H]c1c(OC)c(OC)c([2H])c2c1C1CC(OC(=O)[C@@]([2H])(N)C([2H])(C([2H])([2H])[2H])C([2H])([2H])[2H])C(C([2H])([2H])C([2H])(C)C([2H])([2H])[2H])CN1C([2H])([2H])C2([2H])[2H].[2H]c1c(OC)c(OC)c([2H])c2c1C1CC(OC(=O)[C@@]([2H])(N)C([2H])(C([2H])([2H])[2H])C([2H])([2H])[2H])C(C([2H])([2H])C([2H])(C)C([2H])([2H])[2H])CN1C([2H])([2H])C2([2H])[2H]. The maximum atomic E-state index is 13.7. The van der Waals surface area contributed by atoms with Crippen LogP contribution < -0.4 is 45.6 Å². The molecule has 3 fully saturated rings. The van der Waals surface area contributed by atoms with Gasteiger partial charge in [0, 0.05) is 164 Å². The molecule has 6 aliphatic rings. The third-order valence-corrected chi connectivity index (χ3v) is 14.5. The molecule has 6 heterocycles. The smallest absolute Gasteiger partial charge is 0.323 e. The third kappa shape index (κ3) is 17.5. The van der Waals surface area contributed by atoms with Gasteiger partial charge in [-0.15, -0.1) is 0 Å². The van der Waals surface area contributed by atoms with Crippen LogP contribution in [-0.4, -0.2) is 151 Å². The molecular weight excluding hydrogens is 1140 g/mol. The number of fused-ring (bicyclic) bond motifs is 9. The number of hydrogen-bond acceptors (Lipinski definition) is 18. The summed E-state index contributed by atoms with van der Waals surface area (Å²) in [6.45, 7) is -44.8. The van der Waals surface area contributed by atoms with Crippen molar-refractivity contribution in [3.63, 3.8) is 0 Å². The predicted molar refractivity (Wildman–Crippen MR) is 353 cm³/mol. The lowest BCUT2D eigenvalue weighted by atomic mass is 9.79. The van der Waals surface area contributed by atoms with Crippen LogP contribution in [-0.2, 0) is 47.7 Å². The number of nitrogens with two attached hydrogens (primary N) is 3. The molecule has 18 heteroatoms. The van der Waals surface area contributed by atoms with Gasteiger partial charge in [-0.1, -0.05) is 82.4 Å². The summed E-state index contributed by atoms with van der Waals surface area (Å²) in [5.74, 6) is -37.8. The van der Waals surface area contributed by atoms with E-state index < -0.39 is 383 Å². The number of piperidine rings is 3. The topological polar surface area (TPSA) is 222 Å². The Morgan fingerprint density at radius 2 is 0.744 bits per heavy atom. The number of carbonyl (C=O) groups excluding carboxylic acids is 3. The summed E-state index contributed by atoms with van der Waals surface area (Å²) >= 11 is 0. The van der Waals surface area contributed by atoms with Gasteiger partial charge in [0.1, 0.15) is 36.4 Å². The Balaban J connectivity index is 0.000000310. The highest BCUT2D eigenvalue weighted by Gasteiger charge is 2.45. The molecule has 6 N–H and O–H groups in total. The molecule has 504 valence electrons. The van der Waals surface area contributed by atoms with Crippen LogP contribution in [0, 0.1) is 53.1 Å². The van der Waals surface area contributed by atoms with Crippen molar-refractivity contribution in [2.24, 2.45) is 70.3 Å². The first-order chi connectivity index (χ1) is 67.3. The van der Waals surface area contributed by atoms with E-state index in [1.54, 1.807) is 0 Å². The summed E-state index contributed by atoms with van der Waals surface area (Å²) in [4.78, 5) is 43.0. The molecule has 0 radical (unpaired) electrons. The number of rotatable bonds is 21. The molecule has 0 aliphatic carbocycles. The van der Waals surface area contributed by atoms with Crippen molar-refractivity contribution in [2.75, 3.05) is 81.7 Å². The maximum absolute atomic E-state index is 13.7. The number of esters is 3. The zero-order valence-corrected chi connectivity index (χ0v) is 49.9. The minimum Gasteiger partial charge on any atom is -0.493 e. The molecule has 9 rings (SSSR count). The molecule has 18 nitrogen and oxygen atoms in total. The van der Waals surface area contributed by atoms with Crippen LogP contribution in [0.1, 0.15) is 259 Å². The van der Waals surface area contributed by atoms with Gasteiger partial charge in [0.2, 0.25) is 0 Å². The van der Waals surface area contributed by atoms with Gasteiger partial charge in [-0.3, -0.25) is 29.1 Å². The molecule has 12 unspecified atom stereocenters. The van der Waals surface area contributed by atoms with E-state index in [9.17, 15) is 14.4 Å². The summed E-state index contributed by atoms with van der Waals surface area (Å²) in [6, 6.07) is -21.5. The van der Waals surface area contributed by atoms with Crippen LogP contribution in [0.25, 0.3) is 0 Å². The number of benzene rings is 3. The van der Waals surface area contributed by atoms with E-state index in [0.717, 1.165) is 45.3 Å². The van der Waals surface area contributed by atoms with Gasteiger partial charge in [0.05, 0.1) is 59.0 Å². The first-order valence-electron chi connectivity index (χ1n) is 58.6. The Kier molecular flexibility index (Phi) is 9.04. The van der Waals surface area contributed by atoms with E-state index >= 15 is 0 Å². The van der Waals surface area contributed by atoms with E-state index in [1.165, 1.54) is 0 Å². The first-order valence-corrected chi connectivity index (χ1v) is 27.1. The first kappa shape index (κ1) is 25.1. The van der Waals surface area contributed by atoms with Crippen LogP contribution in [0.4, 0.5) is 0 Å². The van der Waals surface area contributed by atoms with Gasteiger partial charge in [-0.05, 0) is 143 Å². The van der Waals surface area contributed by atoms with E-state index in [1.807, 2.05) is 0 Å². The molecule has 3 aromatic carbocycles. The van der Waals surface area contributed by atoms with E-state index in [-0.39, 0.29) is 11.5 Å². The molecule has 0 amide bonds. The number of methoxy groups -OCH3 is 6. The number of hydrogen-bond donors (Lipinski definition) is 3. The molecule has 0 aromatic heterocycles. The largest absolute Gasteiger partial charge is 0.493 e. The van der Waals surface area contributed by atoms with E-state index in [0.29, 0.717) is 25.7 Å². The molecule has 90 heavy (non-hydrogen) atoms. The van der Waals surface area contributed by atoms with Crippen molar-refractivity contribution in [1.29, 1.82) is 0 Å². The van der Waals surface area contributed by atoms with Crippen LogP contribution in [0.3, 0.4) is 0 Å². The average Bonchev–Trinajstić information content (AvgIpc) is 0.689. The Bertz CT molecular complexity index is 5410. The highest BCUT2D eigenvalue weighted by molar-refractivity contribution is 5.77. The standard InChI is InChI=1S/3C24H38N2O4/c3*1-14(2)9-17-13-26-8-7-16-10-21(28-5)22(29-6)11-18(16)19(26)12-20(17)30-24(27)23(25)15(3)4/h3*10-11,14-15,17,19-20,23H,7-9,12-13,25H2,1-6H3/t3*17?,19?,20?,23-/m000/s1/i1D3,3D3,4D3,5D3,7D2,8D2,9D2,10D,11D,14D,15D,23D;2*1D3,3D3,4D3,7D2,8D2,9D2,10D,11D,14D,15D,23D/t3*14?,17?,19?,20?,23-. The summed E-state index contributed by atoms with van der Waals surface area (Å²) in [5, 5.41) is 0. The zero-order chi connectivity index (χ0) is 121. The number of nitrogens with zero attached hydrogens (tertiary/aromatic N) is 3. The summed E-state index contributed by atoms with van der Waals surface area (Å²) in [5.41, 5.74) is 13.4. The van der Waals surface area contributed by atoms with E-state index in [2.05, 4.69) is 0 Å². The molecule has 3 saturated heterocycles. The fourth-order valence-corrected chi connectivity index (χ4v) is 10.3. The van der Waals surface area contributed by atoms with Crippen LogP contribution in [0.5, 0.6) is 34.5 Å². The van der Waals surface area contributed by atoms with Gasteiger partial charge >= 0.3 is 17.9 Å². The minimum atomic E-state index is -4.10. The molecule has 15 atom stereocenters. The highest BCUT2D eigenvalue weighted by atomic mass is 16.6. The minimum absolute atomic E-state index is 0.386. The van der Waals surface area contributed by atoms with Crippen molar-refractivity contribution in [2.45, 2.75) is 194 Å². The second-order valence-electron chi connectivity index (χ2n) is 20.5. The maximum Gasteiger partial charge on any atom is 0.323 e. The summed E-state index contributed by atoms with van der Waals surface area (Å²) in [6.07, 6.45) is -28.9. The predicted octanol–water partition coefficient (Wildman–Crippen LogP) is 10.7. The van der Waals surface area contributed by atoms with Crippen LogP contribution in [0.2, 0.25) is 0 Å². The van der Waals surface area contributed by atoms with Crippen LogP contribution in [0.15, 0.2) is 36.3 Å². The molecule has 0 bridgehead atoms. The van der Waals surface area contributed by atoms with Gasteiger partial charge < -0.3 is 59.8 Å². The highest BCUT2D eigenvalue weighted by Crippen LogP contribution is 2.48. The fourth-order valence-electron chi connectivity index (χ4n) is 10.3. The second-order valence-corrected chi connectivity index (χ2v) is 20.5. The van der Waals surface area contributed by atoms with Crippen molar-refractivity contribution in [3.05, 3.63) is 69.6 Å². The zero-order valence-electron chi connectivity index (χ0n) is 113. The van der Waals surface area contributed by atoms with Crippen molar-refractivity contribution in [3.8, 4) is 34.5 Å². The van der Waals surface area contributed by atoms with Crippen molar-refractivity contribution < 1.29 is 143 Å². The quantitative estimate of drug-likeness (QED) is 0.0666. The van der Waals surface area contributed by atoms with Gasteiger partial charge in [0.25, 0.3) is 0 Å². The van der Waals surface area contributed by atoms with Gasteiger partial charge in [-0.25, -0.2) is 0 Å². The van der Waals surface area contributed by atoms with Crippen molar-refractivity contribution >= 4 is 17.9 Å². The lowest BCUT2D eigenvalue weighted by Crippen LogP contribution is -2.51.